The molecule has 0 unspecified atom stereocenters. The molecule has 0 spiro atoms. The molecule has 0 amide bonds. The van der Waals surface area contributed by atoms with Crippen molar-refractivity contribution in [2.24, 2.45) is 5.73 Å². The molecule has 0 saturated heterocycles. The number of fused-ring (bicyclic) bond motifs is 1. The van der Waals surface area contributed by atoms with E-state index in [9.17, 15) is 0 Å². The summed E-state index contributed by atoms with van der Waals surface area (Å²) in [5.41, 5.74) is 8.90. The van der Waals surface area contributed by atoms with E-state index in [-0.39, 0.29) is 11.1 Å². The smallest absolute Gasteiger partial charge is 0.126 e. The molecule has 1 saturated carbocycles. The minimum atomic E-state index is -0.0333. The van der Waals surface area contributed by atoms with Gasteiger partial charge in [0, 0.05) is 5.54 Å². The Kier molecular flexibility index (Phi) is 2.27. The van der Waals surface area contributed by atoms with E-state index in [4.69, 9.17) is 10.5 Å². The van der Waals surface area contributed by atoms with E-state index in [0.29, 0.717) is 0 Å². The molecule has 92 valence electrons. The predicted molar refractivity (Wildman–Crippen MR) is 69.3 cm³/mol. The summed E-state index contributed by atoms with van der Waals surface area (Å²) >= 11 is 0. The Morgan fingerprint density at radius 3 is 2.71 bits per heavy atom. The van der Waals surface area contributed by atoms with Gasteiger partial charge in [-0.25, -0.2) is 0 Å². The zero-order valence-corrected chi connectivity index (χ0v) is 10.8. The van der Waals surface area contributed by atoms with Crippen LogP contribution in [0, 0.1) is 0 Å². The lowest BCUT2D eigenvalue weighted by Crippen LogP contribution is -2.34. The van der Waals surface area contributed by atoms with Crippen LogP contribution < -0.4 is 10.5 Å². The van der Waals surface area contributed by atoms with Gasteiger partial charge in [-0.3, -0.25) is 0 Å². The molecule has 1 aromatic carbocycles. The molecule has 3 rings (SSSR count). The molecule has 1 fully saturated rings. The highest BCUT2D eigenvalue weighted by Crippen LogP contribution is 2.41. The van der Waals surface area contributed by atoms with E-state index in [2.05, 4.69) is 32.0 Å². The first-order chi connectivity index (χ1) is 7.98. The highest BCUT2D eigenvalue weighted by atomic mass is 16.5. The van der Waals surface area contributed by atoms with E-state index in [1.165, 1.54) is 11.1 Å². The number of benzene rings is 1. The van der Waals surface area contributed by atoms with E-state index in [1.54, 1.807) is 0 Å². The van der Waals surface area contributed by atoms with Gasteiger partial charge in [-0.2, -0.15) is 0 Å². The van der Waals surface area contributed by atoms with Crippen LogP contribution in [0.5, 0.6) is 5.75 Å². The monoisotopic (exact) mass is 231 g/mol. The Labute approximate surface area is 103 Å². The molecule has 0 atom stereocenters. The van der Waals surface area contributed by atoms with Gasteiger partial charge in [0.15, 0.2) is 0 Å². The molecule has 17 heavy (non-hydrogen) atoms. The van der Waals surface area contributed by atoms with E-state index in [1.807, 2.05) is 0 Å². The Morgan fingerprint density at radius 1 is 1.24 bits per heavy atom. The normalized spacial score (nSPS) is 23.7. The van der Waals surface area contributed by atoms with Crippen LogP contribution in [-0.4, -0.2) is 11.1 Å². The second-order valence-electron chi connectivity index (χ2n) is 6.31. The third-order valence-electron chi connectivity index (χ3n) is 3.99. The van der Waals surface area contributed by atoms with E-state index < -0.39 is 0 Å². The number of hydrogen-bond acceptors (Lipinski definition) is 2. The maximum absolute atomic E-state index is 6.22. The third kappa shape index (κ3) is 2.19. The maximum atomic E-state index is 6.22. The van der Waals surface area contributed by atoms with Crippen LogP contribution in [0.2, 0.25) is 0 Å². The van der Waals surface area contributed by atoms with Crippen molar-refractivity contribution in [2.75, 3.05) is 0 Å². The van der Waals surface area contributed by atoms with Crippen molar-refractivity contribution in [3.05, 3.63) is 29.3 Å². The zero-order chi connectivity index (χ0) is 12.1. The van der Waals surface area contributed by atoms with Crippen molar-refractivity contribution >= 4 is 0 Å². The molecular formula is C15H21NO. The number of rotatable bonds is 2. The van der Waals surface area contributed by atoms with Gasteiger partial charge in [-0.15, -0.1) is 0 Å². The van der Waals surface area contributed by atoms with Gasteiger partial charge in [-0.1, -0.05) is 18.2 Å². The second-order valence-corrected chi connectivity index (χ2v) is 6.31. The first-order valence-electron chi connectivity index (χ1n) is 6.56. The lowest BCUT2D eigenvalue weighted by atomic mass is 9.91. The Bertz CT molecular complexity index is 446. The van der Waals surface area contributed by atoms with Gasteiger partial charge in [0.1, 0.15) is 11.4 Å². The molecule has 1 aliphatic carbocycles. The number of nitrogens with two attached hydrogens (primary N) is 1. The van der Waals surface area contributed by atoms with Gasteiger partial charge in [0.2, 0.25) is 0 Å². The highest BCUT2D eigenvalue weighted by Gasteiger charge is 2.39. The minimum Gasteiger partial charge on any atom is -0.487 e. The van der Waals surface area contributed by atoms with Gasteiger partial charge < -0.3 is 10.5 Å². The minimum absolute atomic E-state index is 0.0333. The molecule has 1 heterocycles. The second kappa shape index (κ2) is 3.49. The van der Waals surface area contributed by atoms with Crippen LogP contribution in [0.15, 0.2) is 18.2 Å². The standard InChI is InChI=1S/C15H21NO/c1-14(2)7-6-11-4-3-5-12(13(11)17-14)10-15(16)8-9-15/h3-5H,6-10,16H2,1-2H3. The zero-order valence-electron chi connectivity index (χ0n) is 10.8. The van der Waals surface area contributed by atoms with Crippen molar-refractivity contribution in [3.63, 3.8) is 0 Å². The first-order valence-corrected chi connectivity index (χ1v) is 6.56. The number of ether oxygens (including phenoxy) is 1. The SMILES string of the molecule is CC1(C)CCc2cccc(CC3(N)CC3)c2O1. The van der Waals surface area contributed by atoms with Gasteiger partial charge in [0.05, 0.1) is 0 Å². The van der Waals surface area contributed by atoms with E-state index >= 15 is 0 Å². The van der Waals surface area contributed by atoms with Crippen LogP contribution in [0.3, 0.4) is 0 Å². The van der Waals surface area contributed by atoms with Crippen molar-refractivity contribution in [1.29, 1.82) is 0 Å². The Morgan fingerprint density at radius 2 is 2.00 bits per heavy atom. The summed E-state index contributed by atoms with van der Waals surface area (Å²) in [5, 5.41) is 0. The van der Waals surface area contributed by atoms with Gasteiger partial charge in [0.25, 0.3) is 0 Å². The van der Waals surface area contributed by atoms with Crippen LogP contribution in [0.4, 0.5) is 0 Å². The quantitative estimate of drug-likeness (QED) is 0.849. The topological polar surface area (TPSA) is 35.2 Å². The predicted octanol–water partition coefficient (Wildman–Crippen LogP) is 2.82. The van der Waals surface area contributed by atoms with Crippen LogP contribution in [0.1, 0.15) is 44.2 Å². The lowest BCUT2D eigenvalue weighted by molar-refractivity contribution is 0.0831. The van der Waals surface area contributed by atoms with Crippen LogP contribution >= 0.6 is 0 Å². The average Bonchev–Trinajstić information content (AvgIpc) is 2.96. The van der Waals surface area contributed by atoms with Crippen molar-refractivity contribution in [3.8, 4) is 5.75 Å². The van der Waals surface area contributed by atoms with Crippen molar-refractivity contribution in [2.45, 2.75) is 57.1 Å². The number of hydrogen-bond donors (Lipinski definition) is 1. The Balaban J connectivity index is 1.94. The molecule has 0 radical (unpaired) electrons. The summed E-state index contributed by atoms with van der Waals surface area (Å²) in [6.45, 7) is 4.34. The molecule has 0 aromatic heterocycles. The molecular weight excluding hydrogens is 210 g/mol. The average molecular weight is 231 g/mol. The van der Waals surface area contributed by atoms with Gasteiger partial charge in [-0.05, 0) is 57.1 Å². The third-order valence-corrected chi connectivity index (χ3v) is 3.99. The van der Waals surface area contributed by atoms with Crippen LogP contribution in [0.25, 0.3) is 0 Å². The maximum Gasteiger partial charge on any atom is 0.126 e. The molecule has 2 heteroatoms. The summed E-state index contributed by atoms with van der Waals surface area (Å²) in [5.74, 6) is 1.11. The lowest BCUT2D eigenvalue weighted by Gasteiger charge is -2.34. The van der Waals surface area contributed by atoms with Gasteiger partial charge >= 0.3 is 0 Å². The fourth-order valence-corrected chi connectivity index (χ4v) is 2.58. The molecule has 1 aliphatic heterocycles. The van der Waals surface area contributed by atoms with Crippen molar-refractivity contribution < 1.29 is 4.74 Å². The molecule has 2 nitrogen and oxygen atoms in total. The fourth-order valence-electron chi connectivity index (χ4n) is 2.58. The largest absolute Gasteiger partial charge is 0.487 e. The fraction of sp³-hybridized carbons (Fsp3) is 0.600. The summed E-state index contributed by atoms with van der Waals surface area (Å²) in [7, 11) is 0. The van der Waals surface area contributed by atoms with E-state index in [0.717, 1.165) is 37.9 Å². The number of aryl methyl sites for hydroxylation is 1. The molecule has 1 aromatic rings. The molecule has 2 aliphatic rings. The van der Waals surface area contributed by atoms with Crippen LogP contribution in [-0.2, 0) is 12.8 Å². The van der Waals surface area contributed by atoms with Crippen molar-refractivity contribution in [1.82, 2.24) is 0 Å². The Hall–Kier alpha value is -1.02. The summed E-state index contributed by atoms with van der Waals surface area (Å²) in [6, 6.07) is 6.50. The summed E-state index contributed by atoms with van der Waals surface area (Å²) in [4.78, 5) is 0. The first kappa shape index (κ1) is 11.1. The molecule has 2 N–H and O–H groups in total. The summed E-state index contributed by atoms with van der Waals surface area (Å²) in [6.07, 6.45) is 5.48. The summed E-state index contributed by atoms with van der Waals surface area (Å²) < 4.78 is 6.17. The molecule has 0 bridgehead atoms. The number of para-hydroxylation sites is 1. The highest BCUT2D eigenvalue weighted by molar-refractivity contribution is 5.45.